The van der Waals surface area contributed by atoms with Gasteiger partial charge in [0.2, 0.25) is 11.8 Å². The Labute approximate surface area is 158 Å². The van der Waals surface area contributed by atoms with Gasteiger partial charge in [-0.2, -0.15) is 5.10 Å². The van der Waals surface area contributed by atoms with Crippen LogP contribution in [-0.2, 0) is 22.6 Å². The van der Waals surface area contributed by atoms with Crippen molar-refractivity contribution in [1.29, 1.82) is 0 Å². The first-order chi connectivity index (χ1) is 13.2. The van der Waals surface area contributed by atoms with Crippen molar-refractivity contribution in [3.05, 3.63) is 78.6 Å². The number of aromatic nitrogens is 2. The Bertz CT molecular complexity index is 874. The summed E-state index contributed by atoms with van der Waals surface area (Å²) in [6.45, 7) is 2.74. The molecule has 0 fully saturated rings. The number of nitrogens with one attached hydrogen (secondary N) is 1. The van der Waals surface area contributed by atoms with Crippen molar-refractivity contribution in [3.8, 4) is 0 Å². The van der Waals surface area contributed by atoms with Crippen LogP contribution >= 0.6 is 0 Å². The molecule has 0 aliphatic heterocycles. The molecule has 0 aliphatic carbocycles. The van der Waals surface area contributed by atoms with Gasteiger partial charge < -0.3 is 10.2 Å². The highest BCUT2D eigenvalue weighted by atomic mass is 16.2. The van der Waals surface area contributed by atoms with E-state index < -0.39 is 0 Å². The molecule has 3 aromatic rings. The second-order valence-corrected chi connectivity index (χ2v) is 6.10. The van der Waals surface area contributed by atoms with Gasteiger partial charge in [-0.1, -0.05) is 30.3 Å². The topological polar surface area (TPSA) is 67.2 Å². The SMILES string of the molecule is CCN(C(=O)Cc1ccc(NC(=O)Cn2cccn2)cc1)c1ccccc1. The van der Waals surface area contributed by atoms with E-state index in [1.54, 1.807) is 28.0 Å². The van der Waals surface area contributed by atoms with Crippen LogP contribution in [0.2, 0.25) is 0 Å². The van der Waals surface area contributed by atoms with Gasteiger partial charge in [0.15, 0.2) is 0 Å². The fourth-order valence-electron chi connectivity index (χ4n) is 2.83. The second kappa shape index (κ2) is 8.80. The number of benzene rings is 2. The van der Waals surface area contributed by atoms with Crippen molar-refractivity contribution >= 4 is 23.2 Å². The first kappa shape index (κ1) is 18.4. The standard InChI is InChI=1S/C21H22N4O2/c1-2-25(19-7-4-3-5-8-19)21(27)15-17-9-11-18(12-10-17)23-20(26)16-24-14-6-13-22-24/h3-14H,2,15-16H2,1H3,(H,23,26). The summed E-state index contributed by atoms with van der Waals surface area (Å²) in [5.74, 6) is -0.108. The maximum Gasteiger partial charge on any atom is 0.246 e. The monoisotopic (exact) mass is 362 g/mol. The molecule has 1 heterocycles. The van der Waals surface area contributed by atoms with Crippen molar-refractivity contribution in [3.63, 3.8) is 0 Å². The third-order valence-electron chi connectivity index (χ3n) is 4.14. The maximum atomic E-state index is 12.6. The van der Waals surface area contributed by atoms with E-state index >= 15 is 0 Å². The fourth-order valence-corrected chi connectivity index (χ4v) is 2.83. The average molecular weight is 362 g/mol. The molecule has 2 aromatic carbocycles. The van der Waals surface area contributed by atoms with E-state index in [2.05, 4.69) is 10.4 Å². The lowest BCUT2D eigenvalue weighted by atomic mass is 10.1. The molecule has 0 unspecified atom stereocenters. The van der Waals surface area contributed by atoms with Crippen LogP contribution in [0.4, 0.5) is 11.4 Å². The number of anilines is 2. The minimum absolute atomic E-state index is 0.0409. The lowest BCUT2D eigenvalue weighted by molar-refractivity contribution is -0.118. The van der Waals surface area contributed by atoms with Gasteiger partial charge in [0.05, 0.1) is 6.42 Å². The van der Waals surface area contributed by atoms with Gasteiger partial charge in [0.1, 0.15) is 6.54 Å². The lowest BCUT2D eigenvalue weighted by Crippen LogP contribution is -2.31. The zero-order valence-corrected chi connectivity index (χ0v) is 15.2. The summed E-state index contributed by atoms with van der Waals surface area (Å²) < 4.78 is 1.56. The van der Waals surface area contributed by atoms with Gasteiger partial charge in [-0.3, -0.25) is 14.3 Å². The molecule has 0 radical (unpaired) electrons. The van der Waals surface area contributed by atoms with E-state index in [9.17, 15) is 9.59 Å². The van der Waals surface area contributed by atoms with Crippen molar-refractivity contribution in [2.45, 2.75) is 19.9 Å². The summed E-state index contributed by atoms with van der Waals surface area (Å²) in [7, 11) is 0. The van der Waals surface area contributed by atoms with Crippen LogP contribution in [0.15, 0.2) is 73.1 Å². The highest BCUT2D eigenvalue weighted by Gasteiger charge is 2.14. The molecule has 0 aliphatic rings. The Kier molecular flexibility index (Phi) is 5.99. The maximum absolute atomic E-state index is 12.6. The molecule has 6 nitrogen and oxygen atoms in total. The van der Waals surface area contributed by atoms with Crippen molar-refractivity contribution in [2.75, 3.05) is 16.8 Å². The van der Waals surface area contributed by atoms with Crippen LogP contribution in [-0.4, -0.2) is 28.1 Å². The molecule has 0 saturated carbocycles. The molecule has 0 bridgehead atoms. The summed E-state index contributed by atoms with van der Waals surface area (Å²) in [4.78, 5) is 26.4. The lowest BCUT2D eigenvalue weighted by Gasteiger charge is -2.21. The van der Waals surface area contributed by atoms with E-state index in [1.165, 1.54) is 0 Å². The third kappa shape index (κ3) is 5.04. The molecule has 2 amide bonds. The number of nitrogens with zero attached hydrogens (tertiary/aromatic N) is 3. The van der Waals surface area contributed by atoms with Gasteiger partial charge in [-0.05, 0) is 42.8 Å². The predicted molar refractivity (Wildman–Crippen MR) is 105 cm³/mol. The van der Waals surface area contributed by atoms with Crippen molar-refractivity contribution < 1.29 is 9.59 Å². The van der Waals surface area contributed by atoms with E-state index in [-0.39, 0.29) is 18.4 Å². The molecule has 1 aromatic heterocycles. The molecule has 6 heteroatoms. The second-order valence-electron chi connectivity index (χ2n) is 6.10. The number of carbonyl (C=O) groups excluding carboxylic acids is 2. The van der Waals surface area contributed by atoms with Gasteiger partial charge in [0, 0.05) is 30.3 Å². The van der Waals surface area contributed by atoms with Gasteiger partial charge >= 0.3 is 0 Å². The van der Waals surface area contributed by atoms with E-state index in [1.807, 2.05) is 61.5 Å². The number of para-hydroxylation sites is 1. The summed E-state index contributed by atoms with van der Waals surface area (Å²) in [5, 5.41) is 6.83. The zero-order chi connectivity index (χ0) is 19.1. The predicted octanol–water partition coefficient (Wildman–Crippen LogP) is 3.12. The molecule has 27 heavy (non-hydrogen) atoms. The van der Waals surface area contributed by atoms with Gasteiger partial charge in [-0.15, -0.1) is 0 Å². The number of hydrogen-bond donors (Lipinski definition) is 1. The number of amides is 2. The molecule has 1 N–H and O–H groups in total. The van der Waals surface area contributed by atoms with Crippen LogP contribution in [0.5, 0.6) is 0 Å². The first-order valence-electron chi connectivity index (χ1n) is 8.87. The Morgan fingerprint density at radius 3 is 2.41 bits per heavy atom. The Balaban J connectivity index is 1.58. The van der Waals surface area contributed by atoms with Crippen LogP contribution in [0, 0.1) is 0 Å². The quantitative estimate of drug-likeness (QED) is 0.702. The van der Waals surface area contributed by atoms with E-state index in [4.69, 9.17) is 0 Å². The van der Waals surface area contributed by atoms with Crippen LogP contribution in [0.25, 0.3) is 0 Å². The van der Waals surface area contributed by atoms with Crippen LogP contribution in [0.3, 0.4) is 0 Å². The number of likely N-dealkylation sites (N-methyl/N-ethyl adjacent to an activating group) is 1. The summed E-state index contributed by atoms with van der Waals surface area (Å²) >= 11 is 0. The third-order valence-corrected chi connectivity index (χ3v) is 4.14. The average Bonchev–Trinajstić information content (AvgIpc) is 3.18. The normalized spacial score (nSPS) is 10.4. The molecule has 3 rings (SSSR count). The highest BCUT2D eigenvalue weighted by Crippen LogP contribution is 2.16. The van der Waals surface area contributed by atoms with Gasteiger partial charge in [0.25, 0.3) is 0 Å². The van der Waals surface area contributed by atoms with Crippen LogP contribution in [0.1, 0.15) is 12.5 Å². The summed E-state index contributed by atoms with van der Waals surface area (Å²) in [6, 6.07) is 18.7. The largest absolute Gasteiger partial charge is 0.324 e. The van der Waals surface area contributed by atoms with E-state index in [0.717, 1.165) is 11.3 Å². The van der Waals surface area contributed by atoms with Gasteiger partial charge in [-0.25, -0.2) is 0 Å². The molecule has 138 valence electrons. The van der Waals surface area contributed by atoms with Crippen molar-refractivity contribution in [1.82, 2.24) is 9.78 Å². The fraction of sp³-hybridized carbons (Fsp3) is 0.190. The smallest absolute Gasteiger partial charge is 0.246 e. The Morgan fingerprint density at radius 2 is 1.78 bits per heavy atom. The zero-order valence-electron chi connectivity index (χ0n) is 15.2. The van der Waals surface area contributed by atoms with E-state index in [0.29, 0.717) is 18.7 Å². The molecular weight excluding hydrogens is 340 g/mol. The molecule has 0 spiro atoms. The summed E-state index contributed by atoms with van der Waals surface area (Å²) in [5.41, 5.74) is 2.49. The number of rotatable bonds is 7. The first-order valence-corrected chi connectivity index (χ1v) is 8.87. The Hall–Kier alpha value is -3.41. The summed E-state index contributed by atoms with van der Waals surface area (Å²) in [6.07, 6.45) is 3.68. The molecular formula is C21H22N4O2. The van der Waals surface area contributed by atoms with Crippen LogP contribution < -0.4 is 10.2 Å². The number of hydrogen-bond acceptors (Lipinski definition) is 3. The minimum Gasteiger partial charge on any atom is -0.324 e. The Morgan fingerprint density at radius 1 is 1.04 bits per heavy atom. The molecule has 0 atom stereocenters. The minimum atomic E-state index is -0.149. The molecule has 0 saturated heterocycles. The number of carbonyl (C=O) groups is 2. The highest BCUT2D eigenvalue weighted by molar-refractivity contribution is 5.95. The van der Waals surface area contributed by atoms with Crippen molar-refractivity contribution in [2.24, 2.45) is 0 Å².